The van der Waals surface area contributed by atoms with Gasteiger partial charge in [-0.3, -0.25) is 4.79 Å². The monoisotopic (exact) mass is 260 g/mol. The van der Waals surface area contributed by atoms with Crippen LogP contribution in [0.1, 0.15) is 39.0 Å². The van der Waals surface area contributed by atoms with Crippen LogP contribution >= 0.6 is 0 Å². The lowest BCUT2D eigenvalue weighted by Crippen LogP contribution is -2.57. The van der Waals surface area contributed by atoms with Crippen LogP contribution in [0.5, 0.6) is 0 Å². The number of rotatable bonds is 2. The van der Waals surface area contributed by atoms with Gasteiger partial charge in [0, 0.05) is 13.1 Å². The molecule has 98 valence electrons. The molecule has 2 rings (SSSR count). The van der Waals surface area contributed by atoms with Crippen LogP contribution in [0.2, 0.25) is 0 Å². The van der Waals surface area contributed by atoms with E-state index < -0.39 is 16.1 Å². The molecule has 1 N–H and O–H groups in total. The second-order valence-corrected chi connectivity index (χ2v) is 7.05. The van der Waals surface area contributed by atoms with Crippen LogP contribution in [0.25, 0.3) is 0 Å². The highest BCUT2D eigenvalue weighted by Crippen LogP contribution is 2.27. The predicted molar refractivity (Wildman–Crippen MR) is 65.0 cm³/mol. The van der Waals surface area contributed by atoms with Gasteiger partial charge in [0.2, 0.25) is 15.9 Å². The summed E-state index contributed by atoms with van der Waals surface area (Å²) in [5, 5.41) is 2.42. The highest BCUT2D eigenvalue weighted by molar-refractivity contribution is 7.89. The van der Waals surface area contributed by atoms with Gasteiger partial charge in [-0.15, -0.1) is 0 Å². The van der Waals surface area contributed by atoms with E-state index >= 15 is 0 Å². The molecule has 0 spiro atoms. The summed E-state index contributed by atoms with van der Waals surface area (Å²) < 4.78 is 26.3. The van der Waals surface area contributed by atoms with Gasteiger partial charge in [0.05, 0.1) is 5.25 Å². The third kappa shape index (κ3) is 2.47. The predicted octanol–water partition coefficient (Wildman–Crippen LogP) is 0.469. The van der Waals surface area contributed by atoms with E-state index in [1.807, 2.05) is 0 Å². The molecule has 0 radical (unpaired) electrons. The summed E-state index contributed by atoms with van der Waals surface area (Å²) in [6, 6.07) is -0.560. The maximum Gasteiger partial charge on any atom is 0.238 e. The van der Waals surface area contributed by atoms with Crippen LogP contribution in [0.15, 0.2) is 0 Å². The van der Waals surface area contributed by atoms with E-state index in [4.69, 9.17) is 0 Å². The zero-order chi connectivity index (χ0) is 12.5. The number of sulfonamides is 1. The molecule has 0 aromatic carbocycles. The zero-order valence-electron chi connectivity index (χ0n) is 10.2. The summed E-state index contributed by atoms with van der Waals surface area (Å²) in [7, 11) is -3.29. The SMILES string of the molecule is CC1C(=O)NCCN1S(=O)(=O)C1CCCCC1. The van der Waals surface area contributed by atoms with E-state index in [0.717, 1.165) is 32.1 Å². The Morgan fingerprint density at radius 1 is 1.24 bits per heavy atom. The summed E-state index contributed by atoms with van der Waals surface area (Å²) in [6.07, 6.45) is 4.58. The number of carbonyl (C=O) groups is 1. The molecule has 1 heterocycles. The van der Waals surface area contributed by atoms with Crippen molar-refractivity contribution in [3.05, 3.63) is 0 Å². The number of hydrogen-bond acceptors (Lipinski definition) is 3. The molecule has 1 unspecified atom stereocenters. The van der Waals surface area contributed by atoms with Gasteiger partial charge in [-0.05, 0) is 19.8 Å². The first-order valence-corrected chi connectivity index (χ1v) is 7.82. The van der Waals surface area contributed by atoms with Crippen LogP contribution in [0, 0.1) is 0 Å². The first-order chi connectivity index (χ1) is 8.03. The second kappa shape index (κ2) is 4.94. The first kappa shape index (κ1) is 12.8. The van der Waals surface area contributed by atoms with Crippen LogP contribution < -0.4 is 5.32 Å². The Labute approximate surface area is 103 Å². The lowest BCUT2D eigenvalue weighted by Gasteiger charge is -2.35. The van der Waals surface area contributed by atoms with Gasteiger partial charge in [0.25, 0.3) is 0 Å². The van der Waals surface area contributed by atoms with Crippen molar-refractivity contribution in [3.8, 4) is 0 Å². The summed E-state index contributed by atoms with van der Waals surface area (Å²) >= 11 is 0. The summed E-state index contributed by atoms with van der Waals surface area (Å²) in [4.78, 5) is 11.5. The van der Waals surface area contributed by atoms with Gasteiger partial charge in [-0.1, -0.05) is 19.3 Å². The van der Waals surface area contributed by atoms with Gasteiger partial charge >= 0.3 is 0 Å². The molecule has 1 aliphatic carbocycles. The number of piperazine rings is 1. The molecular weight excluding hydrogens is 240 g/mol. The van der Waals surface area contributed by atoms with Gasteiger partial charge in [0.1, 0.15) is 6.04 Å². The normalized spacial score (nSPS) is 29.0. The molecule has 17 heavy (non-hydrogen) atoms. The van der Waals surface area contributed by atoms with Crippen molar-refractivity contribution in [1.29, 1.82) is 0 Å². The molecule has 1 aliphatic heterocycles. The van der Waals surface area contributed by atoms with E-state index in [9.17, 15) is 13.2 Å². The molecule has 5 nitrogen and oxygen atoms in total. The molecule has 2 aliphatic rings. The van der Waals surface area contributed by atoms with Crippen molar-refractivity contribution in [3.63, 3.8) is 0 Å². The van der Waals surface area contributed by atoms with E-state index in [-0.39, 0.29) is 11.2 Å². The van der Waals surface area contributed by atoms with E-state index in [2.05, 4.69) is 5.32 Å². The number of hydrogen-bond donors (Lipinski definition) is 1. The fourth-order valence-corrected chi connectivity index (χ4v) is 4.86. The molecule has 1 amide bonds. The molecule has 0 bridgehead atoms. The third-order valence-corrected chi connectivity index (χ3v) is 6.21. The Bertz CT molecular complexity index is 388. The maximum atomic E-state index is 12.4. The lowest BCUT2D eigenvalue weighted by atomic mass is 10.0. The topological polar surface area (TPSA) is 66.5 Å². The fraction of sp³-hybridized carbons (Fsp3) is 0.909. The first-order valence-electron chi connectivity index (χ1n) is 6.32. The highest BCUT2D eigenvalue weighted by Gasteiger charge is 2.39. The molecule has 0 aromatic rings. The lowest BCUT2D eigenvalue weighted by molar-refractivity contribution is -0.126. The summed E-state index contributed by atoms with van der Waals surface area (Å²) in [5.74, 6) is -0.185. The summed E-state index contributed by atoms with van der Waals surface area (Å²) in [6.45, 7) is 2.50. The van der Waals surface area contributed by atoms with Gasteiger partial charge < -0.3 is 5.32 Å². The van der Waals surface area contributed by atoms with Crippen molar-refractivity contribution in [2.75, 3.05) is 13.1 Å². The molecule has 2 fully saturated rings. The smallest absolute Gasteiger partial charge is 0.238 e. The molecule has 1 atom stereocenters. The zero-order valence-corrected chi connectivity index (χ0v) is 11.0. The van der Waals surface area contributed by atoms with Crippen LogP contribution in [-0.2, 0) is 14.8 Å². The van der Waals surface area contributed by atoms with E-state index in [1.165, 1.54) is 4.31 Å². The van der Waals surface area contributed by atoms with Crippen LogP contribution in [0.3, 0.4) is 0 Å². The fourth-order valence-electron chi connectivity index (χ4n) is 2.66. The van der Waals surface area contributed by atoms with Crippen molar-refractivity contribution in [2.45, 2.75) is 50.3 Å². The Hall–Kier alpha value is -0.620. The van der Waals surface area contributed by atoms with E-state index in [0.29, 0.717) is 13.1 Å². The van der Waals surface area contributed by atoms with Crippen LogP contribution in [-0.4, -0.2) is 43.0 Å². The summed E-state index contributed by atoms with van der Waals surface area (Å²) in [5.41, 5.74) is 0. The minimum absolute atomic E-state index is 0.185. The number of nitrogens with zero attached hydrogens (tertiary/aromatic N) is 1. The van der Waals surface area contributed by atoms with Gasteiger partial charge in [0.15, 0.2) is 0 Å². The molecule has 1 saturated heterocycles. The van der Waals surface area contributed by atoms with Crippen LogP contribution in [0.4, 0.5) is 0 Å². The standard InChI is InChI=1S/C11H20N2O3S/c1-9-11(14)12-7-8-13(9)17(15,16)10-5-3-2-4-6-10/h9-10H,2-8H2,1H3,(H,12,14). The molecule has 0 aromatic heterocycles. The average molecular weight is 260 g/mol. The van der Waals surface area contributed by atoms with Gasteiger partial charge in [-0.25, -0.2) is 8.42 Å². The number of amides is 1. The Morgan fingerprint density at radius 2 is 1.88 bits per heavy atom. The Morgan fingerprint density at radius 3 is 2.53 bits per heavy atom. The number of carbonyl (C=O) groups excluding carboxylic acids is 1. The van der Waals surface area contributed by atoms with Crippen molar-refractivity contribution in [2.24, 2.45) is 0 Å². The Kier molecular flexibility index (Phi) is 3.73. The molecular formula is C11H20N2O3S. The maximum absolute atomic E-state index is 12.4. The Balaban J connectivity index is 2.16. The second-order valence-electron chi connectivity index (χ2n) is 4.88. The van der Waals surface area contributed by atoms with Crippen molar-refractivity contribution < 1.29 is 13.2 Å². The minimum Gasteiger partial charge on any atom is -0.353 e. The van der Waals surface area contributed by atoms with Gasteiger partial charge in [-0.2, -0.15) is 4.31 Å². The average Bonchev–Trinajstić information content (AvgIpc) is 2.33. The largest absolute Gasteiger partial charge is 0.353 e. The molecule has 1 saturated carbocycles. The van der Waals surface area contributed by atoms with Crippen molar-refractivity contribution in [1.82, 2.24) is 9.62 Å². The minimum atomic E-state index is -3.29. The van der Waals surface area contributed by atoms with E-state index in [1.54, 1.807) is 6.92 Å². The molecule has 6 heteroatoms. The highest BCUT2D eigenvalue weighted by atomic mass is 32.2. The quantitative estimate of drug-likeness (QED) is 0.785. The third-order valence-electron chi connectivity index (χ3n) is 3.74. The van der Waals surface area contributed by atoms with Crippen molar-refractivity contribution >= 4 is 15.9 Å². The number of nitrogens with one attached hydrogen (secondary N) is 1.